The summed E-state index contributed by atoms with van der Waals surface area (Å²) in [6.45, 7) is 13.5. The minimum atomic E-state index is -3.34. The summed E-state index contributed by atoms with van der Waals surface area (Å²) < 4.78 is 22.1. The molecule has 0 aliphatic rings. The molecule has 0 aliphatic heterocycles. The van der Waals surface area contributed by atoms with Gasteiger partial charge in [0, 0.05) is 11.6 Å². The maximum atomic E-state index is 12.0. The van der Waals surface area contributed by atoms with Crippen molar-refractivity contribution in [2.75, 3.05) is 13.2 Å². The summed E-state index contributed by atoms with van der Waals surface area (Å²) >= 11 is 0. The van der Waals surface area contributed by atoms with Gasteiger partial charge in [0.25, 0.3) is 0 Å². The van der Waals surface area contributed by atoms with Crippen LogP contribution in [-0.4, -0.2) is 19.4 Å². The second kappa shape index (κ2) is 7.55. The Bertz CT molecular complexity index is 375. The summed E-state index contributed by atoms with van der Waals surface area (Å²) in [4.78, 5) is 0. The number of hydrogen-bond acceptors (Lipinski definition) is 4. The van der Waals surface area contributed by atoms with Crippen molar-refractivity contribution in [2.45, 2.75) is 34.6 Å². The van der Waals surface area contributed by atoms with Crippen LogP contribution in [-0.2, 0) is 13.6 Å². The lowest BCUT2D eigenvalue weighted by Gasteiger charge is -2.20. The Morgan fingerprint density at radius 3 is 2.33 bits per heavy atom. The highest BCUT2D eigenvalue weighted by atomic mass is 31.2. The fourth-order valence-electron chi connectivity index (χ4n) is 1.02. The molecule has 5 nitrogen and oxygen atoms in total. The maximum absolute atomic E-state index is 12.0. The van der Waals surface area contributed by atoms with E-state index >= 15 is 0 Å². The molecule has 0 heterocycles. The fraction of sp³-hybridized carbons (Fsp3) is 0.667. The smallest absolute Gasteiger partial charge is 0.292 e. The van der Waals surface area contributed by atoms with Crippen LogP contribution in [0.1, 0.15) is 34.6 Å². The fourth-order valence-corrected chi connectivity index (χ4v) is 2.09. The Hall–Kier alpha value is -0.860. The molecule has 0 unspecified atom stereocenters. The molecule has 0 bridgehead atoms. The lowest BCUT2D eigenvalue weighted by Crippen LogP contribution is -2.17. The van der Waals surface area contributed by atoms with Crippen LogP contribution in [0.25, 0.3) is 0 Å². The number of allylic oxidation sites excluding steroid dienone is 1. The van der Waals surface area contributed by atoms with Gasteiger partial charge in [-0.05, 0) is 26.3 Å². The number of nitrogens with one attached hydrogen (secondary N) is 1. The van der Waals surface area contributed by atoms with Gasteiger partial charge < -0.3 is 0 Å². The van der Waals surface area contributed by atoms with E-state index in [1.54, 1.807) is 20.1 Å². The van der Waals surface area contributed by atoms with E-state index in [1.807, 2.05) is 20.8 Å². The monoisotopic (exact) mass is 274 g/mol. The molecule has 0 saturated heterocycles. The highest BCUT2D eigenvalue weighted by Gasteiger charge is 2.23. The second-order valence-electron chi connectivity index (χ2n) is 4.21. The van der Waals surface area contributed by atoms with E-state index in [4.69, 9.17) is 9.05 Å². The van der Waals surface area contributed by atoms with Crippen LogP contribution in [0.4, 0.5) is 0 Å². The summed E-state index contributed by atoms with van der Waals surface area (Å²) in [6.07, 6.45) is 1.63. The van der Waals surface area contributed by atoms with Gasteiger partial charge in [-0.3, -0.25) is 9.05 Å². The van der Waals surface area contributed by atoms with E-state index in [-0.39, 0.29) is 18.6 Å². The average Bonchev–Trinajstić information content (AvgIpc) is 2.28. The molecule has 0 aliphatic carbocycles. The van der Waals surface area contributed by atoms with Crippen molar-refractivity contribution in [1.29, 1.82) is 0 Å². The van der Waals surface area contributed by atoms with Gasteiger partial charge in [0.2, 0.25) is 0 Å². The number of rotatable bonds is 8. The topological polar surface area (TPSA) is 59.9 Å². The zero-order valence-electron chi connectivity index (χ0n) is 11.8. The summed E-state index contributed by atoms with van der Waals surface area (Å²) in [5.41, 5.74) is 3.44. The van der Waals surface area contributed by atoms with Gasteiger partial charge in [-0.1, -0.05) is 20.4 Å². The first-order valence-corrected chi connectivity index (χ1v) is 7.43. The average molecular weight is 274 g/mol. The molecule has 0 saturated carbocycles. The third kappa shape index (κ3) is 5.65. The Labute approximate surface area is 110 Å². The Morgan fingerprint density at radius 2 is 1.94 bits per heavy atom. The molecule has 0 atom stereocenters. The van der Waals surface area contributed by atoms with Crippen molar-refractivity contribution in [3.8, 4) is 0 Å². The van der Waals surface area contributed by atoms with E-state index < -0.39 is 7.75 Å². The van der Waals surface area contributed by atoms with Gasteiger partial charge in [-0.2, -0.15) is 5.10 Å². The summed E-state index contributed by atoms with van der Waals surface area (Å²) in [6, 6.07) is 0. The molecule has 0 fully saturated rings. The molecule has 0 aromatic heterocycles. The standard InChI is InChI=1S/C12H23N2O3P/c1-7-11(4)12(5,6)10-13-14-18(15,16-8-2)17-9-3/h10H,1,8-9H2,2-6H3,(H,14,15)/b13-10+. The van der Waals surface area contributed by atoms with Crippen LogP contribution in [0, 0.1) is 5.41 Å². The van der Waals surface area contributed by atoms with E-state index in [9.17, 15) is 4.57 Å². The Morgan fingerprint density at radius 1 is 1.44 bits per heavy atom. The SMILES string of the molecule is C=C=C(C)C(C)(C)/C=N/NP(=O)(OCC)OCC. The first kappa shape index (κ1) is 17.1. The number of hydrazone groups is 1. The van der Waals surface area contributed by atoms with Gasteiger partial charge in [-0.15, -0.1) is 5.73 Å². The van der Waals surface area contributed by atoms with Crippen LogP contribution in [0.3, 0.4) is 0 Å². The van der Waals surface area contributed by atoms with Crippen LogP contribution >= 0.6 is 7.75 Å². The normalized spacial score (nSPS) is 12.5. The molecule has 0 aromatic carbocycles. The van der Waals surface area contributed by atoms with Crippen molar-refractivity contribution in [3.63, 3.8) is 0 Å². The van der Waals surface area contributed by atoms with Crippen molar-refractivity contribution in [2.24, 2.45) is 10.5 Å². The van der Waals surface area contributed by atoms with Gasteiger partial charge in [0.05, 0.1) is 13.2 Å². The van der Waals surface area contributed by atoms with Crippen LogP contribution < -0.4 is 5.20 Å². The zero-order chi connectivity index (χ0) is 14.2. The predicted octanol–water partition coefficient (Wildman–Crippen LogP) is 3.50. The number of hydrogen-bond donors (Lipinski definition) is 1. The van der Waals surface area contributed by atoms with Crippen LogP contribution in [0.2, 0.25) is 0 Å². The molecule has 0 spiro atoms. The van der Waals surface area contributed by atoms with Gasteiger partial charge in [0.15, 0.2) is 0 Å². The predicted molar refractivity (Wildman–Crippen MR) is 74.6 cm³/mol. The molecule has 104 valence electrons. The maximum Gasteiger partial charge on any atom is 0.448 e. The first-order valence-electron chi connectivity index (χ1n) is 5.89. The summed E-state index contributed by atoms with van der Waals surface area (Å²) in [5, 5.41) is 6.40. The van der Waals surface area contributed by atoms with Crippen LogP contribution in [0.5, 0.6) is 0 Å². The minimum Gasteiger partial charge on any atom is -0.292 e. The largest absolute Gasteiger partial charge is 0.448 e. The summed E-state index contributed by atoms with van der Waals surface area (Å²) in [5.74, 6) is 0. The second-order valence-corrected chi connectivity index (χ2v) is 5.93. The Balaban J connectivity index is 4.72. The lowest BCUT2D eigenvalue weighted by atomic mass is 9.87. The third-order valence-corrected chi connectivity index (χ3v) is 3.95. The molecule has 0 rings (SSSR count). The highest BCUT2D eigenvalue weighted by molar-refractivity contribution is 7.51. The molecule has 0 aromatic rings. The molecule has 1 N–H and O–H groups in total. The molecular weight excluding hydrogens is 251 g/mol. The molecule has 6 heteroatoms. The Kier molecular flexibility index (Phi) is 7.19. The molecule has 18 heavy (non-hydrogen) atoms. The van der Waals surface area contributed by atoms with E-state index in [0.717, 1.165) is 5.57 Å². The third-order valence-electron chi connectivity index (χ3n) is 2.40. The minimum absolute atomic E-state index is 0.286. The van der Waals surface area contributed by atoms with E-state index in [2.05, 4.69) is 22.6 Å². The van der Waals surface area contributed by atoms with E-state index in [0.29, 0.717) is 0 Å². The van der Waals surface area contributed by atoms with Crippen molar-refractivity contribution in [3.05, 3.63) is 17.9 Å². The van der Waals surface area contributed by atoms with Gasteiger partial charge in [0.1, 0.15) is 0 Å². The number of nitrogens with zero attached hydrogens (tertiary/aromatic N) is 1. The van der Waals surface area contributed by atoms with E-state index in [1.165, 1.54) is 0 Å². The van der Waals surface area contributed by atoms with Gasteiger partial charge in [-0.25, -0.2) is 9.76 Å². The molecule has 0 amide bonds. The molecular formula is C12H23N2O3P. The highest BCUT2D eigenvalue weighted by Crippen LogP contribution is 2.43. The van der Waals surface area contributed by atoms with Crippen LogP contribution in [0.15, 0.2) is 23.0 Å². The summed E-state index contributed by atoms with van der Waals surface area (Å²) in [7, 11) is -3.34. The van der Waals surface area contributed by atoms with Crippen molar-refractivity contribution < 1.29 is 13.6 Å². The lowest BCUT2D eigenvalue weighted by molar-refractivity contribution is 0.211. The zero-order valence-corrected chi connectivity index (χ0v) is 12.7. The van der Waals surface area contributed by atoms with Crippen molar-refractivity contribution >= 4 is 14.0 Å². The quantitative estimate of drug-likeness (QED) is 0.318. The van der Waals surface area contributed by atoms with Gasteiger partial charge >= 0.3 is 7.75 Å². The van der Waals surface area contributed by atoms with Crippen molar-refractivity contribution in [1.82, 2.24) is 5.20 Å². The molecule has 0 radical (unpaired) electrons. The first-order chi connectivity index (χ1) is 8.31.